The molecule has 0 fully saturated rings. The van der Waals surface area contributed by atoms with E-state index < -0.39 is 0 Å². The Morgan fingerprint density at radius 1 is 1.00 bits per heavy atom. The molecular weight excluding hydrogens is 234 g/mol. The van der Waals surface area contributed by atoms with Gasteiger partial charge in [0.05, 0.1) is 23.6 Å². The molecule has 2 heterocycles. The van der Waals surface area contributed by atoms with Gasteiger partial charge in [-0.05, 0) is 30.7 Å². The number of aromatic nitrogens is 3. The summed E-state index contributed by atoms with van der Waals surface area (Å²) in [6, 6.07) is 18.4. The number of aryl methyl sites for hydroxylation is 1. The Balaban J connectivity index is 1.99. The van der Waals surface area contributed by atoms with E-state index in [2.05, 4.69) is 28.3 Å². The number of hydrogen-bond donors (Lipinski definition) is 0. The van der Waals surface area contributed by atoms with Crippen molar-refractivity contribution >= 4 is 0 Å². The summed E-state index contributed by atoms with van der Waals surface area (Å²) < 4.78 is 2.01. The van der Waals surface area contributed by atoms with E-state index in [4.69, 9.17) is 0 Å². The van der Waals surface area contributed by atoms with Crippen LogP contribution in [0.4, 0.5) is 0 Å². The van der Waals surface area contributed by atoms with Crippen molar-refractivity contribution in [2.75, 3.05) is 0 Å². The second-order valence-corrected chi connectivity index (χ2v) is 4.53. The van der Waals surface area contributed by atoms with Crippen LogP contribution in [0.5, 0.6) is 0 Å². The maximum absolute atomic E-state index is 4.56. The third-order valence-electron chi connectivity index (χ3n) is 3.00. The maximum atomic E-state index is 4.56. The van der Waals surface area contributed by atoms with E-state index >= 15 is 0 Å². The number of nitrogens with zero attached hydrogens (tertiary/aromatic N) is 3. The minimum absolute atomic E-state index is 0.764. The summed E-state index contributed by atoms with van der Waals surface area (Å²) in [6.07, 6.45) is 1.81. The summed E-state index contributed by atoms with van der Waals surface area (Å²) in [4.78, 5) is 4.40. The van der Waals surface area contributed by atoms with E-state index in [0.29, 0.717) is 0 Å². The second kappa shape index (κ2) is 5.06. The molecule has 0 aliphatic rings. The molecule has 0 unspecified atom stereocenters. The molecule has 0 aliphatic heterocycles. The lowest BCUT2D eigenvalue weighted by atomic mass is 10.2. The smallest absolute Gasteiger partial charge is 0.0883 e. The molecule has 1 aromatic carbocycles. The Labute approximate surface area is 112 Å². The Morgan fingerprint density at radius 2 is 1.79 bits per heavy atom. The van der Waals surface area contributed by atoms with Gasteiger partial charge >= 0.3 is 0 Å². The van der Waals surface area contributed by atoms with Crippen LogP contribution in [0.25, 0.3) is 11.4 Å². The highest BCUT2D eigenvalue weighted by Gasteiger charge is 2.08. The lowest BCUT2D eigenvalue weighted by Crippen LogP contribution is -2.04. The standard InChI is InChI=1S/C16H15N3/c1-13-11-16(15-9-5-6-10-17-15)19(18-13)12-14-7-3-2-4-8-14/h2-11H,12H2,1H3. The summed E-state index contributed by atoms with van der Waals surface area (Å²) in [5.74, 6) is 0. The van der Waals surface area contributed by atoms with Crippen LogP contribution in [0, 0.1) is 6.92 Å². The summed E-state index contributed by atoms with van der Waals surface area (Å²) in [7, 11) is 0. The molecule has 2 aromatic heterocycles. The van der Waals surface area contributed by atoms with Crippen molar-refractivity contribution in [2.45, 2.75) is 13.5 Å². The van der Waals surface area contributed by atoms with E-state index in [1.807, 2.05) is 54.2 Å². The molecule has 3 heteroatoms. The number of hydrogen-bond acceptors (Lipinski definition) is 2. The van der Waals surface area contributed by atoms with Crippen LogP contribution >= 0.6 is 0 Å². The summed E-state index contributed by atoms with van der Waals surface area (Å²) in [6.45, 7) is 2.77. The van der Waals surface area contributed by atoms with E-state index in [0.717, 1.165) is 23.6 Å². The van der Waals surface area contributed by atoms with Crippen molar-refractivity contribution in [3.8, 4) is 11.4 Å². The minimum Gasteiger partial charge on any atom is -0.259 e. The van der Waals surface area contributed by atoms with Crippen LogP contribution in [0.15, 0.2) is 60.8 Å². The van der Waals surface area contributed by atoms with Gasteiger partial charge in [0.25, 0.3) is 0 Å². The molecule has 0 amide bonds. The molecule has 0 N–H and O–H groups in total. The van der Waals surface area contributed by atoms with Crippen molar-refractivity contribution in [1.82, 2.24) is 14.8 Å². The summed E-state index contributed by atoms with van der Waals surface area (Å²) in [5, 5.41) is 4.56. The monoisotopic (exact) mass is 249 g/mol. The first-order valence-electron chi connectivity index (χ1n) is 6.33. The van der Waals surface area contributed by atoms with Crippen LogP contribution in [0.2, 0.25) is 0 Å². The van der Waals surface area contributed by atoms with Gasteiger partial charge in [-0.2, -0.15) is 5.10 Å². The van der Waals surface area contributed by atoms with Crippen LogP contribution in [0.1, 0.15) is 11.3 Å². The fraction of sp³-hybridized carbons (Fsp3) is 0.125. The molecule has 0 saturated heterocycles. The molecule has 19 heavy (non-hydrogen) atoms. The van der Waals surface area contributed by atoms with E-state index in [-0.39, 0.29) is 0 Å². The van der Waals surface area contributed by atoms with E-state index in [1.165, 1.54) is 5.56 Å². The highest BCUT2D eigenvalue weighted by Crippen LogP contribution is 2.19. The first-order chi connectivity index (χ1) is 9.33. The van der Waals surface area contributed by atoms with Gasteiger partial charge < -0.3 is 0 Å². The van der Waals surface area contributed by atoms with Gasteiger partial charge in [0, 0.05) is 6.20 Å². The molecule has 94 valence electrons. The fourth-order valence-corrected chi connectivity index (χ4v) is 2.14. The first kappa shape index (κ1) is 11.7. The van der Waals surface area contributed by atoms with Crippen LogP contribution in [-0.2, 0) is 6.54 Å². The van der Waals surface area contributed by atoms with E-state index in [9.17, 15) is 0 Å². The largest absolute Gasteiger partial charge is 0.259 e. The Bertz CT molecular complexity index is 657. The van der Waals surface area contributed by atoms with Crippen LogP contribution in [-0.4, -0.2) is 14.8 Å². The van der Waals surface area contributed by atoms with Gasteiger partial charge in [-0.3, -0.25) is 9.67 Å². The van der Waals surface area contributed by atoms with Gasteiger partial charge in [0.2, 0.25) is 0 Å². The molecule has 0 saturated carbocycles. The topological polar surface area (TPSA) is 30.7 Å². The molecule has 0 aliphatic carbocycles. The molecule has 0 radical (unpaired) electrons. The maximum Gasteiger partial charge on any atom is 0.0883 e. The Morgan fingerprint density at radius 3 is 2.53 bits per heavy atom. The average molecular weight is 249 g/mol. The third kappa shape index (κ3) is 2.55. The van der Waals surface area contributed by atoms with Gasteiger partial charge in [0.1, 0.15) is 0 Å². The predicted octanol–water partition coefficient (Wildman–Crippen LogP) is 3.30. The molecule has 3 rings (SSSR count). The highest BCUT2D eigenvalue weighted by atomic mass is 15.3. The number of rotatable bonds is 3. The second-order valence-electron chi connectivity index (χ2n) is 4.53. The SMILES string of the molecule is Cc1cc(-c2ccccn2)n(Cc2ccccc2)n1. The molecule has 3 nitrogen and oxygen atoms in total. The molecule has 0 spiro atoms. The number of pyridine rings is 1. The van der Waals surface area contributed by atoms with Crippen molar-refractivity contribution < 1.29 is 0 Å². The quantitative estimate of drug-likeness (QED) is 0.713. The first-order valence-corrected chi connectivity index (χ1v) is 6.33. The van der Waals surface area contributed by atoms with Gasteiger partial charge in [-0.1, -0.05) is 36.4 Å². The van der Waals surface area contributed by atoms with Crippen molar-refractivity contribution in [3.63, 3.8) is 0 Å². The van der Waals surface area contributed by atoms with Crippen LogP contribution in [0.3, 0.4) is 0 Å². The summed E-state index contributed by atoms with van der Waals surface area (Å²) in [5.41, 5.74) is 4.26. The summed E-state index contributed by atoms with van der Waals surface area (Å²) >= 11 is 0. The highest BCUT2D eigenvalue weighted by molar-refractivity contribution is 5.54. The van der Waals surface area contributed by atoms with Crippen LogP contribution < -0.4 is 0 Å². The third-order valence-corrected chi connectivity index (χ3v) is 3.00. The number of benzene rings is 1. The fourth-order valence-electron chi connectivity index (χ4n) is 2.14. The van der Waals surface area contributed by atoms with Crippen molar-refractivity contribution in [3.05, 3.63) is 72.1 Å². The molecule has 0 bridgehead atoms. The van der Waals surface area contributed by atoms with Crippen molar-refractivity contribution in [1.29, 1.82) is 0 Å². The average Bonchev–Trinajstić information content (AvgIpc) is 2.82. The minimum atomic E-state index is 0.764. The van der Waals surface area contributed by atoms with Crippen molar-refractivity contribution in [2.24, 2.45) is 0 Å². The zero-order chi connectivity index (χ0) is 13.1. The predicted molar refractivity (Wildman–Crippen MR) is 75.7 cm³/mol. The zero-order valence-electron chi connectivity index (χ0n) is 10.8. The Hall–Kier alpha value is -2.42. The lowest BCUT2D eigenvalue weighted by Gasteiger charge is -2.07. The van der Waals surface area contributed by atoms with Gasteiger partial charge in [-0.15, -0.1) is 0 Å². The molecule has 3 aromatic rings. The zero-order valence-corrected chi connectivity index (χ0v) is 10.8. The normalized spacial score (nSPS) is 10.6. The molecular formula is C16H15N3. The molecule has 0 atom stereocenters. The lowest BCUT2D eigenvalue weighted by molar-refractivity contribution is 0.685. The Kier molecular flexibility index (Phi) is 3.11. The van der Waals surface area contributed by atoms with Gasteiger partial charge in [-0.25, -0.2) is 0 Å². The van der Waals surface area contributed by atoms with Gasteiger partial charge in [0.15, 0.2) is 0 Å². The van der Waals surface area contributed by atoms with E-state index in [1.54, 1.807) is 0 Å².